The molecule has 0 heterocycles. The molecule has 3 atom stereocenters. The molecule has 0 amide bonds. The maximum absolute atomic E-state index is 14.2. The van der Waals surface area contributed by atoms with Gasteiger partial charge in [-0.05, 0) is 12.8 Å². The third kappa shape index (κ3) is 4.90. The van der Waals surface area contributed by atoms with Crippen molar-refractivity contribution in [2.75, 3.05) is 7.05 Å². The van der Waals surface area contributed by atoms with Crippen LogP contribution in [0.1, 0.15) is 30.4 Å². The molecule has 2 nitrogen and oxygen atoms in total. The van der Waals surface area contributed by atoms with Crippen LogP contribution in [0.3, 0.4) is 0 Å². The quantitative estimate of drug-likeness (QED) is 0.735. The first-order chi connectivity index (χ1) is 11.6. The molecule has 0 bridgehead atoms. The van der Waals surface area contributed by atoms with Crippen LogP contribution in [-0.4, -0.2) is 35.0 Å². The molecule has 0 aromatic heterocycles. The summed E-state index contributed by atoms with van der Waals surface area (Å²) in [5.74, 6) is 0. The van der Waals surface area contributed by atoms with Crippen LogP contribution in [0.5, 0.6) is 0 Å². The van der Waals surface area contributed by atoms with Crippen LogP contribution in [0.15, 0.2) is 60.7 Å². The molecular formula is C21H27BrFNO. The van der Waals surface area contributed by atoms with E-state index < -0.39 is 12.3 Å². The van der Waals surface area contributed by atoms with Gasteiger partial charge < -0.3 is 26.6 Å². The van der Waals surface area contributed by atoms with E-state index in [0.29, 0.717) is 10.9 Å². The molecule has 136 valence electrons. The number of hydrogen-bond donors (Lipinski definition) is 1. The minimum Gasteiger partial charge on any atom is -1.00 e. The average molecular weight is 408 g/mol. The highest BCUT2D eigenvalue weighted by molar-refractivity contribution is 5.15. The minimum atomic E-state index is -1.10. The number of rotatable bonds is 5. The van der Waals surface area contributed by atoms with Crippen molar-refractivity contribution in [1.29, 1.82) is 0 Å². The molecule has 0 radical (unpaired) electrons. The van der Waals surface area contributed by atoms with E-state index in [1.165, 1.54) is 11.1 Å². The standard InChI is InChI=1S/C21H27FNO.BrH/c1-23(15-17-9-4-2-5-10-17,16-18-11-6-3-7-12-18)20-14-8-13-19(22)21(20)24;/h2-7,9-12,19-21,24H,8,13-16H2,1H3;1H/q+1;/p-1/t19-,20-,21+;/m1./s1. The minimum absolute atomic E-state index is 0. The summed E-state index contributed by atoms with van der Waals surface area (Å²) in [6.45, 7) is 1.59. The molecule has 2 aromatic carbocycles. The Balaban J connectivity index is 0.00000225. The van der Waals surface area contributed by atoms with Crippen LogP contribution in [0, 0.1) is 0 Å². The molecule has 1 fully saturated rings. The second kappa shape index (κ2) is 8.93. The van der Waals surface area contributed by atoms with Gasteiger partial charge in [-0.15, -0.1) is 0 Å². The Labute approximate surface area is 160 Å². The lowest BCUT2D eigenvalue weighted by Gasteiger charge is -2.46. The van der Waals surface area contributed by atoms with Gasteiger partial charge in [-0.2, -0.15) is 0 Å². The maximum Gasteiger partial charge on any atom is 0.137 e. The fourth-order valence-electron chi connectivity index (χ4n) is 4.08. The molecule has 4 heteroatoms. The molecule has 1 saturated carbocycles. The van der Waals surface area contributed by atoms with Crippen LogP contribution >= 0.6 is 0 Å². The van der Waals surface area contributed by atoms with Crippen LogP contribution in [0.2, 0.25) is 0 Å². The predicted octanol–water partition coefficient (Wildman–Crippen LogP) is 1.09. The Morgan fingerprint density at radius 3 is 1.88 bits per heavy atom. The van der Waals surface area contributed by atoms with Gasteiger partial charge in [0.2, 0.25) is 0 Å². The summed E-state index contributed by atoms with van der Waals surface area (Å²) in [6, 6.07) is 20.6. The third-order valence-corrected chi connectivity index (χ3v) is 5.32. The first kappa shape index (κ1) is 20.1. The highest BCUT2D eigenvalue weighted by Crippen LogP contribution is 2.33. The van der Waals surface area contributed by atoms with E-state index in [0.717, 1.165) is 25.9 Å². The molecule has 0 unspecified atom stereocenters. The van der Waals surface area contributed by atoms with Crippen molar-refractivity contribution in [3.05, 3.63) is 71.8 Å². The Kier molecular flexibility index (Phi) is 7.17. The fraction of sp³-hybridized carbons (Fsp3) is 0.429. The number of benzene rings is 2. The van der Waals surface area contributed by atoms with E-state index in [9.17, 15) is 9.50 Å². The van der Waals surface area contributed by atoms with E-state index in [4.69, 9.17) is 0 Å². The van der Waals surface area contributed by atoms with Crippen molar-refractivity contribution < 1.29 is 31.0 Å². The average Bonchev–Trinajstić information content (AvgIpc) is 2.59. The van der Waals surface area contributed by atoms with Crippen molar-refractivity contribution in [3.8, 4) is 0 Å². The lowest BCUT2D eigenvalue weighted by atomic mass is 9.87. The topological polar surface area (TPSA) is 20.2 Å². The summed E-state index contributed by atoms with van der Waals surface area (Å²) < 4.78 is 14.8. The van der Waals surface area contributed by atoms with Gasteiger partial charge in [0, 0.05) is 17.5 Å². The smallest absolute Gasteiger partial charge is 0.137 e. The number of alkyl halides is 1. The van der Waals surface area contributed by atoms with Crippen molar-refractivity contribution in [2.24, 2.45) is 0 Å². The second-order valence-electron chi connectivity index (χ2n) is 7.27. The Hall–Kier alpha value is -1.23. The number of hydrogen-bond acceptors (Lipinski definition) is 1. The Morgan fingerprint density at radius 2 is 1.40 bits per heavy atom. The number of aliphatic hydroxyl groups is 1. The second-order valence-corrected chi connectivity index (χ2v) is 7.27. The molecule has 1 aliphatic rings. The van der Waals surface area contributed by atoms with E-state index >= 15 is 0 Å². The molecule has 2 aromatic rings. The van der Waals surface area contributed by atoms with E-state index in [-0.39, 0.29) is 23.0 Å². The maximum atomic E-state index is 14.2. The molecule has 0 saturated heterocycles. The monoisotopic (exact) mass is 407 g/mol. The lowest BCUT2D eigenvalue weighted by molar-refractivity contribution is -0.963. The van der Waals surface area contributed by atoms with Crippen molar-refractivity contribution in [1.82, 2.24) is 0 Å². The fourth-order valence-corrected chi connectivity index (χ4v) is 4.08. The SMILES string of the molecule is C[N+](Cc1ccccc1)(Cc1ccccc1)[C@@H]1CCC[C@@H](F)[C@@H]1O.[Br-]. The Bertz CT molecular complexity index is 595. The predicted molar refractivity (Wildman–Crippen MR) is 95.0 cm³/mol. The highest BCUT2D eigenvalue weighted by atomic mass is 79.9. The summed E-state index contributed by atoms with van der Waals surface area (Å²) in [6.07, 6.45) is 0.218. The van der Waals surface area contributed by atoms with Crippen LogP contribution in [0.4, 0.5) is 4.39 Å². The van der Waals surface area contributed by atoms with Crippen molar-refractivity contribution >= 4 is 0 Å². The van der Waals surface area contributed by atoms with Crippen LogP contribution < -0.4 is 17.0 Å². The van der Waals surface area contributed by atoms with Gasteiger partial charge in [0.25, 0.3) is 0 Å². The van der Waals surface area contributed by atoms with Gasteiger partial charge in [-0.3, -0.25) is 0 Å². The molecule has 1 N–H and O–H groups in total. The normalized spacial score (nSPS) is 23.7. The van der Waals surface area contributed by atoms with Gasteiger partial charge in [-0.1, -0.05) is 60.7 Å². The van der Waals surface area contributed by atoms with Gasteiger partial charge >= 0.3 is 0 Å². The summed E-state index contributed by atoms with van der Waals surface area (Å²) in [5.41, 5.74) is 2.45. The van der Waals surface area contributed by atoms with Gasteiger partial charge in [0.15, 0.2) is 0 Å². The number of halogens is 2. The zero-order valence-electron chi connectivity index (χ0n) is 14.7. The molecule has 1 aliphatic carbocycles. The van der Waals surface area contributed by atoms with E-state index in [1.54, 1.807) is 0 Å². The summed E-state index contributed by atoms with van der Waals surface area (Å²) in [7, 11) is 2.16. The van der Waals surface area contributed by atoms with Gasteiger partial charge in [0.05, 0.1) is 7.05 Å². The van der Waals surface area contributed by atoms with Gasteiger partial charge in [0.1, 0.15) is 31.4 Å². The number of quaternary nitrogens is 1. The first-order valence-electron chi connectivity index (χ1n) is 8.83. The van der Waals surface area contributed by atoms with Crippen molar-refractivity contribution in [2.45, 2.75) is 50.7 Å². The lowest BCUT2D eigenvalue weighted by Crippen LogP contribution is -3.00. The zero-order chi connectivity index (χ0) is 17.0. The largest absolute Gasteiger partial charge is 1.00 e. The van der Waals surface area contributed by atoms with Crippen LogP contribution in [-0.2, 0) is 13.1 Å². The molecule has 0 spiro atoms. The molecule has 3 rings (SSSR count). The van der Waals surface area contributed by atoms with E-state index in [1.807, 2.05) is 36.4 Å². The highest BCUT2D eigenvalue weighted by Gasteiger charge is 2.44. The van der Waals surface area contributed by atoms with E-state index in [2.05, 4.69) is 31.3 Å². The number of aliphatic hydroxyl groups excluding tert-OH is 1. The molecule has 0 aliphatic heterocycles. The summed E-state index contributed by atoms with van der Waals surface area (Å²) >= 11 is 0. The first-order valence-corrected chi connectivity index (χ1v) is 8.83. The third-order valence-electron chi connectivity index (χ3n) is 5.32. The molecular weight excluding hydrogens is 381 g/mol. The van der Waals surface area contributed by atoms with Gasteiger partial charge in [-0.25, -0.2) is 4.39 Å². The Morgan fingerprint density at radius 1 is 0.920 bits per heavy atom. The summed E-state index contributed by atoms with van der Waals surface area (Å²) in [5, 5.41) is 10.5. The van der Waals surface area contributed by atoms with Crippen LogP contribution in [0.25, 0.3) is 0 Å². The summed E-state index contributed by atoms with van der Waals surface area (Å²) in [4.78, 5) is 0. The number of likely N-dealkylation sites (N-methyl/N-ethyl adjacent to an activating group) is 1. The zero-order valence-corrected chi connectivity index (χ0v) is 16.3. The van der Waals surface area contributed by atoms with Crippen molar-refractivity contribution in [3.63, 3.8) is 0 Å². The number of nitrogens with zero attached hydrogens (tertiary/aromatic N) is 1. The molecule has 25 heavy (non-hydrogen) atoms.